The van der Waals surface area contributed by atoms with Crippen LogP contribution >= 0.6 is 0 Å². The lowest BCUT2D eigenvalue weighted by atomic mass is 9.84. The summed E-state index contributed by atoms with van der Waals surface area (Å²) < 4.78 is 38.1. The number of carbonyl (C=O) groups excluding carboxylic acids is 2. The molecule has 6 heteroatoms. The Morgan fingerprint density at radius 3 is 2.18 bits per heavy atom. The molecule has 0 saturated carbocycles. The molecular weight excluding hydrogens is 418 g/mol. The van der Waals surface area contributed by atoms with Crippen molar-refractivity contribution in [2.24, 2.45) is 23.7 Å². The van der Waals surface area contributed by atoms with Gasteiger partial charge >= 0.3 is 0 Å². The van der Waals surface area contributed by atoms with Crippen LogP contribution in [0.4, 0.5) is 0 Å². The first-order valence-electron chi connectivity index (χ1n) is 13.1. The molecule has 0 fully saturated rings. The quantitative estimate of drug-likeness (QED) is 0.201. The molecule has 0 aliphatic carbocycles. The topological polar surface area (TPSA) is 65.1 Å². The van der Waals surface area contributed by atoms with Gasteiger partial charge in [-0.15, -0.1) is 0 Å². The van der Waals surface area contributed by atoms with Gasteiger partial charge in [-0.1, -0.05) is 39.8 Å². The zero-order valence-corrected chi connectivity index (χ0v) is 21.2. The number of rotatable bonds is 15. The third kappa shape index (κ3) is 9.20. The summed E-state index contributed by atoms with van der Waals surface area (Å²) in [6, 6.07) is 4.60. The van der Waals surface area contributed by atoms with E-state index in [4.69, 9.17) is 18.3 Å². The Hall–Kier alpha value is -2.34. The van der Waals surface area contributed by atoms with Gasteiger partial charge in [0.15, 0.2) is 17.3 Å². The van der Waals surface area contributed by atoms with Crippen molar-refractivity contribution in [2.75, 3.05) is 41.5 Å². The predicted octanol–water partition coefficient (Wildman–Crippen LogP) is 5.26. The van der Waals surface area contributed by atoms with Crippen LogP contribution in [0.3, 0.4) is 0 Å². The fourth-order valence-corrected chi connectivity index (χ4v) is 3.62. The van der Waals surface area contributed by atoms with Crippen LogP contribution in [0.1, 0.15) is 61.4 Å². The first-order valence-corrected chi connectivity index (χ1v) is 11.6. The van der Waals surface area contributed by atoms with Gasteiger partial charge in [0.05, 0.1) is 17.8 Å². The van der Waals surface area contributed by atoms with Crippen LogP contribution in [-0.2, 0) is 9.53 Å². The molecule has 2 atom stereocenters. The molecule has 6 nitrogen and oxygen atoms in total. The predicted molar refractivity (Wildman–Crippen MR) is 133 cm³/mol. The van der Waals surface area contributed by atoms with Gasteiger partial charge in [0.2, 0.25) is 5.91 Å². The molecule has 1 aromatic rings. The normalized spacial score (nSPS) is 15.1. The van der Waals surface area contributed by atoms with E-state index >= 15 is 0 Å². The molecule has 0 saturated heterocycles. The summed E-state index contributed by atoms with van der Waals surface area (Å²) in [5.74, 6) is 0.237. The summed E-state index contributed by atoms with van der Waals surface area (Å²) >= 11 is 0. The highest BCUT2D eigenvalue weighted by Gasteiger charge is 2.25. The number of hydrogen-bond donors (Lipinski definition) is 0. The summed E-state index contributed by atoms with van der Waals surface area (Å²) in [5, 5.41) is 0. The number of benzene rings is 1. The molecule has 33 heavy (non-hydrogen) atoms. The summed E-state index contributed by atoms with van der Waals surface area (Å²) in [6.45, 7) is 8.85. The van der Waals surface area contributed by atoms with Crippen molar-refractivity contribution in [2.45, 2.75) is 47.0 Å². The molecule has 0 heterocycles. The smallest absolute Gasteiger partial charge is 0.225 e. The lowest BCUT2D eigenvalue weighted by molar-refractivity contribution is -0.134. The molecule has 0 aromatic heterocycles. The second kappa shape index (κ2) is 14.7. The largest absolute Gasteiger partial charge is 0.493 e. The summed E-state index contributed by atoms with van der Waals surface area (Å²) in [4.78, 5) is 27.5. The van der Waals surface area contributed by atoms with Gasteiger partial charge in [-0.05, 0) is 42.9 Å². The second-order valence-electron chi connectivity index (χ2n) is 9.20. The number of nitrogens with zero attached hydrogens (tertiary/aromatic N) is 1. The maximum Gasteiger partial charge on any atom is 0.225 e. The maximum absolute atomic E-state index is 13.4. The van der Waals surface area contributed by atoms with E-state index in [-0.39, 0.29) is 46.9 Å². The van der Waals surface area contributed by atoms with Crippen LogP contribution < -0.4 is 9.47 Å². The Morgan fingerprint density at radius 2 is 1.64 bits per heavy atom. The summed E-state index contributed by atoms with van der Waals surface area (Å²) in [6.07, 6.45) is 5.74. The Morgan fingerprint density at radius 1 is 1.00 bits per heavy atom. The van der Waals surface area contributed by atoms with Crippen LogP contribution in [-0.4, -0.2) is 58.0 Å². The molecule has 0 spiro atoms. The molecule has 0 bridgehead atoms. The first-order chi connectivity index (χ1) is 16.8. The second-order valence-corrected chi connectivity index (χ2v) is 9.20. The molecule has 1 rings (SSSR count). The molecule has 1 unspecified atom stereocenters. The third-order valence-electron chi connectivity index (χ3n) is 5.74. The van der Waals surface area contributed by atoms with E-state index in [9.17, 15) is 9.59 Å². The van der Waals surface area contributed by atoms with Crippen LogP contribution in [0.5, 0.6) is 11.5 Å². The van der Waals surface area contributed by atoms with E-state index in [0.29, 0.717) is 38.0 Å². The summed E-state index contributed by atoms with van der Waals surface area (Å²) in [5.41, 5.74) is 0.435. The van der Waals surface area contributed by atoms with Gasteiger partial charge in [-0.25, -0.2) is 0 Å². The molecule has 0 N–H and O–H groups in total. The first kappa shape index (κ1) is 23.8. The van der Waals surface area contributed by atoms with Crippen molar-refractivity contribution < 1.29 is 27.9 Å². The van der Waals surface area contributed by atoms with Crippen molar-refractivity contribution in [3.8, 4) is 11.5 Å². The minimum absolute atomic E-state index is 0.0541. The van der Waals surface area contributed by atoms with Gasteiger partial charge in [0, 0.05) is 51.6 Å². The lowest BCUT2D eigenvalue weighted by Crippen LogP contribution is -2.32. The third-order valence-corrected chi connectivity index (χ3v) is 5.74. The van der Waals surface area contributed by atoms with E-state index in [0.717, 1.165) is 0 Å². The molecule has 1 aromatic carbocycles. The van der Waals surface area contributed by atoms with Crippen LogP contribution in [0, 0.1) is 23.7 Å². The number of allylic oxidation sites excluding steroid dienone is 2. The van der Waals surface area contributed by atoms with E-state index < -0.39 is 7.04 Å². The van der Waals surface area contributed by atoms with Gasteiger partial charge < -0.3 is 19.1 Å². The van der Waals surface area contributed by atoms with Crippen molar-refractivity contribution in [3.05, 3.63) is 35.9 Å². The lowest BCUT2D eigenvalue weighted by Gasteiger charge is -2.22. The zero-order chi connectivity index (χ0) is 27.5. The minimum Gasteiger partial charge on any atom is -0.493 e. The van der Waals surface area contributed by atoms with Gasteiger partial charge in [0.25, 0.3) is 0 Å². The number of ether oxygens (including phenoxy) is 3. The van der Waals surface area contributed by atoms with Crippen molar-refractivity contribution in [1.29, 1.82) is 0 Å². The average molecular weight is 465 g/mol. The number of hydrogen-bond acceptors (Lipinski definition) is 5. The summed E-state index contributed by atoms with van der Waals surface area (Å²) in [7, 11) is 2.48. The Labute approximate surface area is 204 Å². The number of methoxy groups -OCH3 is 2. The Kier molecular flexibility index (Phi) is 10.6. The zero-order valence-electron chi connectivity index (χ0n) is 24.2. The molecule has 186 valence electrons. The van der Waals surface area contributed by atoms with Crippen LogP contribution in [0.15, 0.2) is 30.4 Å². The number of ketones is 1. The standard InChI is InChI=1S/C27H43NO5/c1-19(2)22(12-9-10-13-23(20(3)4)27(30)28(5)6)26(29)21-14-15-24(32-8)25(18-21)33-17-11-16-31-7/h9-10,14-15,18-20,22-23H,11-13,16-17H2,1-8H3/t22?,23-/m0/s1/i8D3. The van der Waals surface area contributed by atoms with Gasteiger partial charge in [0.1, 0.15) is 0 Å². The van der Waals surface area contributed by atoms with Crippen LogP contribution in [0.25, 0.3) is 0 Å². The average Bonchev–Trinajstić information content (AvgIpc) is 2.77. The highest BCUT2D eigenvalue weighted by atomic mass is 16.5. The molecule has 1 amide bonds. The van der Waals surface area contributed by atoms with Crippen molar-refractivity contribution in [1.82, 2.24) is 4.90 Å². The monoisotopic (exact) mass is 464 g/mol. The molecular formula is C27H43NO5. The van der Waals surface area contributed by atoms with E-state index in [1.807, 2.05) is 39.8 Å². The maximum atomic E-state index is 13.4. The van der Waals surface area contributed by atoms with E-state index in [1.54, 1.807) is 38.2 Å². The van der Waals surface area contributed by atoms with E-state index in [1.165, 1.54) is 6.07 Å². The number of carbonyl (C=O) groups is 2. The van der Waals surface area contributed by atoms with Crippen LogP contribution in [0.2, 0.25) is 0 Å². The number of amides is 1. The molecule has 0 aliphatic rings. The van der Waals surface area contributed by atoms with Crippen molar-refractivity contribution in [3.63, 3.8) is 0 Å². The molecule has 0 aliphatic heterocycles. The Bertz CT molecular complexity index is 865. The van der Waals surface area contributed by atoms with Crippen molar-refractivity contribution >= 4 is 11.7 Å². The highest BCUT2D eigenvalue weighted by molar-refractivity contribution is 5.98. The fourth-order valence-electron chi connectivity index (χ4n) is 3.62. The molecule has 0 radical (unpaired) electrons. The minimum atomic E-state index is -2.64. The fraction of sp³-hybridized carbons (Fsp3) is 0.630. The van der Waals surface area contributed by atoms with E-state index in [2.05, 4.69) is 0 Å². The highest BCUT2D eigenvalue weighted by Crippen LogP contribution is 2.31. The van der Waals surface area contributed by atoms with Gasteiger partial charge in [-0.3, -0.25) is 9.59 Å². The number of Topliss-reactive ketones (excluding diaryl/α,β-unsaturated/α-hetero) is 1. The van der Waals surface area contributed by atoms with Gasteiger partial charge in [-0.2, -0.15) is 0 Å². The SMILES string of the molecule is [2H]C([2H])([2H])Oc1ccc(C(=O)C(CC=CC[C@H](C(=O)N(C)C)C(C)C)C(C)C)cc1OCCCOC. The Balaban J connectivity index is 3.05.